The number of hydrogen-bond acceptors (Lipinski definition) is 5. The summed E-state index contributed by atoms with van der Waals surface area (Å²) in [6, 6.07) is 7.85. The predicted molar refractivity (Wildman–Crippen MR) is 99.0 cm³/mol. The Morgan fingerprint density at radius 2 is 1.85 bits per heavy atom. The largest absolute Gasteiger partial charge is 0.476 e. The van der Waals surface area contributed by atoms with E-state index in [0.717, 1.165) is 25.7 Å². The number of aromatic nitrogens is 3. The smallest absolute Gasteiger partial charge is 0.356 e. The van der Waals surface area contributed by atoms with Gasteiger partial charge in [0.2, 0.25) is 0 Å². The lowest BCUT2D eigenvalue weighted by Crippen LogP contribution is -2.18. The van der Waals surface area contributed by atoms with Crippen molar-refractivity contribution >= 4 is 11.9 Å². The van der Waals surface area contributed by atoms with Crippen molar-refractivity contribution in [2.45, 2.75) is 51.9 Å². The Morgan fingerprint density at radius 3 is 2.44 bits per heavy atom. The summed E-state index contributed by atoms with van der Waals surface area (Å²) in [6.45, 7) is 3.91. The number of carbonyl (C=O) groups excluding carboxylic acids is 1. The Morgan fingerprint density at radius 1 is 1.19 bits per heavy atom. The molecule has 0 unspecified atom stereocenters. The van der Waals surface area contributed by atoms with Crippen LogP contribution >= 0.6 is 0 Å². The molecule has 0 aliphatic heterocycles. The molecule has 1 saturated carbocycles. The van der Waals surface area contributed by atoms with Crippen LogP contribution in [0.25, 0.3) is 5.69 Å². The standard InChI is InChI=1S/C20H25N3O4/c1-3-27-18(24)12-14-4-6-15(7-5-14)16-8-10-17(11-9-16)23-19(20(25)26)13(2)21-22-23/h8-11,14-15H,3-7,12H2,1-2H3,(H,25,26). The number of carboxylic acid groups (broad SMARTS) is 1. The first kappa shape index (κ1) is 19.1. The van der Waals surface area contributed by atoms with Gasteiger partial charge in [0.15, 0.2) is 5.69 Å². The molecule has 0 atom stereocenters. The third-order valence-electron chi connectivity index (χ3n) is 5.26. The van der Waals surface area contributed by atoms with Crippen LogP contribution < -0.4 is 0 Å². The van der Waals surface area contributed by atoms with E-state index in [-0.39, 0.29) is 11.7 Å². The molecule has 0 spiro atoms. The number of carboxylic acids is 1. The zero-order valence-corrected chi connectivity index (χ0v) is 15.7. The second-order valence-electron chi connectivity index (χ2n) is 7.06. The van der Waals surface area contributed by atoms with Crippen LogP contribution in [0.3, 0.4) is 0 Å². The molecule has 1 heterocycles. The molecule has 1 aliphatic rings. The van der Waals surface area contributed by atoms with Gasteiger partial charge in [0, 0.05) is 6.42 Å². The maximum Gasteiger partial charge on any atom is 0.356 e. The van der Waals surface area contributed by atoms with E-state index < -0.39 is 5.97 Å². The zero-order chi connectivity index (χ0) is 19.4. The number of nitrogens with zero attached hydrogens (tertiary/aromatic N) is 3. The second kappa shape index (κ2) is 8.33. The molecule has 0 amide bonds. The van der Waals surface area contributed by atoms with Gasteiger partial charge >= 0.3 is 11.9 Å². The van der Waals surface area contributed by atoms with E-state index >= 15 is 0 Å². The maximum atomic E-state index is 11.6. The summed E-state index contributed by atoms with van der Waals surface area (Å²) in [6.07, 6.45) is 4.66. The van der Waals surface area contributed by atoms with Gasteiger partial charge in [-0.25, -0.2) is 9.48 Å². The summed E-state index contributed by atoms with van der Waals surface area (Å²) < 4.78 is 6.40. The fourth-order valence-corrected chi connectivity index (χ4v) is 3.83. The Bertz CT molecular complexity index is 805. The van der Waals surface area contributed by atoms with E-state index in [0.29, 0.717) is 36.2 Å². The van der Waals surface area contributed by atoms with E-state index in [2.05, 4.69) is 10.3 Å². The topological polar surface area (TPSA) is 94.3 Å². The van der Waals surface area contributed by atoms with Gasteiger partial charge in [-0.3, -0.25) is 4.79 Å². The van der Waals surface area contributed by atoms with Crippen LogP contribution in [-0.2, 0) is 9.53 Å². The number of hydrogen-bond donors (Lipinski definition) is 1. The van der Waals surface area contributed by atoms with Gasteiger partial charge in [-0.2, -0.15) is 0 Å². The second-order valence-corrected chi connectivity index (χ2v) is 7.06. The Balaban J connectivity index is 1.64. The summed E-state index contributed by atoms with van der Waals surface area (Å²) in [5, 5.41) is 17.2. The molecule has 1 fully saturated rings. The Kier molecular flexibility index (Phi) is 5.88. The molecule has 3 rings (SSSR count). The minimum absolute atomic E-state index is 0.0854. The lowest BCUT2D eigenvalue weighted by Gasteiger charge is -2.28. The van der Waals surface area contributed by atoms with Crippen molar-refractivity contribution < 1.29 is 19.4 Å². The molecule has 7 heteroatoms. The number of aromatic carboxylic acids is 1. The normalized spacial score (nSPS) is 19.6. The van der Waals surface area contributed by atoms with Crippen molar-refractivity contribution in [3.05, 3.63) is 41.2 Å². The minimum atomic E-state index is -1.04. The van der Waals surface area contributed by atoms with Crippen LogP contribution in [0.1, 0.15) is 66.7 Å². The van der Waals surface area contributed by atoms with Gasteiger partial charge in [0.25, 0.3) is 0 Å². The van der Waals surface area contributed by atoms with Crippen LogP contribution in [0.5, 0.6) is 0 Å². The van der Waals surface area contributed by atoms with Crippen LogP contribution in [0, 0.1) is 12.8 Å². The van der Waals surface area contributed by atoms with Gasteiger partial charge in [0.1, 0.15) is 0 Å². The molecule has 7 nitrogen and oxygen atoms in total. The molecular formula is C20H25N3O4. The van der Waals surface area contributed by atoms with Crippen molar-refractivity contribution in [2.24, 2.45) is 5.92 Å². The SMILES string of the molecule is CCOC(=O)CC1CCC(c2ccc(-n3nnc(C)c3C(=O)O)cc2)CC1. The van der Waals surface area contributed by atoms with E-state index in [1.54, 1.807) is 6.92 Å². The first-order valence-corrected chi connectivity index (χ1v) is 9.41. The van der Waals surface area contributed by atoms with E-state index in [1.807, 2.05) is 31.2 Å². The molecule has 0 bridgehead atoms. The fraction of sp³-hybridized carbons (Fsp3) is 0.500. The van der Waals surface area contributed by atoms with Crippen molar-refractivity contribution in [1.82, 2.24) is 15.0 Å². The molecule has 1 aliphatic carbocycles. The zero-order valence-electron chi connectivity index (χ0n) is 15.7. The van der Waals surface area contributed by atoms with Gasteiger partial charge in [-0.05, 0) is 69.1 Å². The summed E-state index contributed by atoms with van der Waals surface area (Å²) in [4.78, 5) is 23.0. The molecule has 2 aromatic rings. The Hall–Kier alpha value is -2.70. The summed E-state index contributed by atoms with van der Waals surface area (Å²) in [5.41, 5.74) is 2.41. The average molecular weight is 371 g/mol. The predicted octanol–water partition coefficient (Wildman–Crippen LogP) is 3.50. The van der Waals surface area contributed by atoms with E-state index in [1.165, 1.54) is 10.2 Å². The van der Waals surface area contributed by atoms with Crippen LogP contribution in [0.2, 0.25) is 0 Å². The number of ether oxygens (including phenoxy) is 1. The maximum absolute atomic E-state index is 11.6. The van der Waals surface area contributed by atoms with Crippen molar-refractivity contribution in [3.63, 3.8) is 0 Å². The number of esters is 1. The third kappa shape index (κ3) is 4.35. The van der Waals surface area contributed by atoms with Crippen LogP contribution in [-0.4, -0.2) is 38.6 Å². The lowest BCUT2D eigenvalue weighted by molar-refractivity contribution is -0.144. The summed E-state index contributed by atoms with van der Waals surface area (Å²) in [7, 11) is 0. The van der Waals surface area contributed by atoms with Crippen LogP contribution in [0.15, 0.2) is 24.3 Å². The molecule has 1 N–H and O–H groups in total. The van der Waals surface area contributed by atoms with Crippen molar-refractivity contribution in [1.29, 1.82) is 0 Å². The lowest BCUT2D eigenvalue weighted by atomic mass is 9.77. The van der Waals surface area contributed by atoms with Crippen LogP contribution in [0.4, 0.5) is 0 Å². The van der Waals surface area contributed by atoms with Gasteiger partial charge in [-0.1, -0.05) is 17.3 Å². The van der Waals surface area contributed by atoms with E-state index in [9.17, 15) is 14.7 Å². The third-order valence-corrected chi connectivity index (χ3v) is 5.26. The summed E-state index contributed by atoms with van der Waals surface area (Å²) in [5.74, 6) is -0.256. The minimum Gasteiger partial charge on any atom is -0.476 e. The molecule has 1 aromatic heterocycles. The molecular weight excluding hydrogens is 346 g/mol. The first-order valence-electron chi connectivity index (χ1n) is 9.41. The molecule has 1 aromatic carbocycles. The quantitative estimate of drug-likeness (QED) is 0.781. The van der Waals surface area contributed by atoms with Crippen molar-refractivity contribution in [3.8, 4) is 5.69 Å². The monoisotopic (exact) mass is 371 g/mol. The summed E-state index contributed by atoms with van der Waals surface area (Å²) >= 11 is 0. The van der Waals surface area contributed by atoms with Gasteiger partial charge in [-0.15, -0.1) is 5.10 Å². The average Bonchev–Trinajstić information content (AvgIpc) is 3.04. The molecule has 27 heavy (non-hydrogen) atoms. The fourth-order valence-electron chi connectivity index (χ4n) is 3.83. The molecule has 144 valence electrons. The Labute approximate surface area is 158 Å². The van der Waals surface area contributed by atoms with Crippen molar-refractivity contribution in [2.75, 3.05) is 6.61 Å². The number of benzene rings is 1. The number of aryl methyl sites for hydroxylation is 1. The van der Waals surface area contributed by atoms with Gasteiger partial charge in [0.05, 0.1) is 18.0 Å². The number of rotatable bonds is 6. The highest BCUT2D eigenvalue weighted by molar-refractivity contribution is 5.87. The molecule has 0 saturated heterocycles. The first-order chi connectivity index (χ1) is 13.0. The highest BCUT2D eigenvalue weighted by Gasteiger charge is 2.25. The molecule has 0 radical (unpaired) electrons. The number of carbonyl (C=O) groups is 2. The van der Waals surface area contributed by atoms with Gasteiger partial charge < -0.3 is 9.84 Å². The van der Waals surface area contributed by atoms with E-state index in [4.69, 9.17) is 4.74 Å². The highest BCUT2D eigenvalue weighted by Crippen LogP contribution is 2.37. The highest BCUT2D eigenvalue weighted by atomic mass is 16.5.